The van der Waals surface area contributed by atoms with Crippen molar-refractivity contribution in [3.63, 3.8) is 0 Å². The Balaban J connectivity index is 1.88. The number of carbonyl (C=O) groups is 1. The van der Waals surface area contributed by atoms with Crippen LogP contribution in [0, 0.1) is 0 Å². The topological polar surface area (TPSA) is 58.4 Å². The van der Waals surface area contributed by atoms with Crippen LogP contribution in [-0.4, -0.2) is 23.9 Å². The SMILES string of the molecule is NNC(=O)Cc1ccc(CN2CCCCCC2)cc1. The molecule has 4 nitrogen and oxygen atoms in total. The Hall–Kier alpha value is -1.39. The Bertz CT molecular complexity index is 394. The van der Waals surface area contributed by atoms with Gasteiger partial charge in [-0.25, -0.2) is 5.84 Å². The molecule has 1 aliphatic rings. The molecule has 0 spiro atoms. The van der Waals surface area contributed by atoms with Crippen LogP contribution in [0.1, 0.15) is 36.8 Å². The molecule has 1 aromatic carbocycles. The molecule has 104 valence electrons. The number of hydrogen-bond acceptors (Lipinski definition) is 3. The van der Waals surface area contributed by atoms with E-state index in [-0.39, 0.29) is 5.91 Å². The highest BCUT2D eigenvalue weighted by atomic mass is 16.2. The van der Waals surface area contributed by atoms with Crippen molar-refractivity contribution in [2.24, 2.45) is 5.84 Å². The number of hydrazine groups is 1. The fourth-order valence-corrected chi connectivity index (χ4v) is 2.55. The van der Waals surface area contributed by atoms with Crippen LogP contribution in [0.4, 0.5) is 0 Å². The van der Waals surface area contributed by atoms with Gasteiger partial charge in [-0.3, -0.25) is 15.1 Å². The summed E-state index contributed by atoms with van der Waals surface area (Å²) in [7, 11) is 0. The van der Waals surface area contributed by atoms with Crippen LogP contribution in [0.5, 0.6) is 0 Å². The number of benzene rings is 1. The number of nitrogens with one attached hydrogen (secondary N) is 1. The van der Waals surface area contributed by atoms with E-state index in [9.17, 15) is 4.79 Å². The van der Waals surface area contributed by atoms with Gasteiger partial charge in [0.2, 0.25) is 5.91 Å². The highest BCUT2D eigenvalue weighted by molar-refractivity contribution is 5.77. The Kier molecular flexibility index (Phi) is 5.36. The Morgan fingerprint density at radius 3 is 2.21 bits per heavy atom. The van der Waals surface area contributed by atoms with Gasteiger partial charge in [0, 0.05) is 6.54 Å². The summed E-state index contributed by atoms with van der Waals surface area (Å²) in [5, 5.41) is 0. The van der Waals surface area contributed by atoms with Crippen LogP contribution in [0.3, 0.4) is 0 Å². The Morgan fingerprint density at radius 1 is 1.05 bits per heavy atom. The average molecular weight is 261 g/mol. The van der Waals surface area contributed by atoms with E-state index in [2.05, 4.69) is 22.5 Å². The van der Waals surface area contributed by atoms with Crippen LogP contribution in [-0.2, 0) is 17.8 Å². The summed E-state index contributed by atoms with van der Waals surface area (Å²) in [6.07, 6.45) is 5.71. The summed E-state index contributed by atoms with van der Waals surface area (Å²) in [6, 6.07) is 8.26. The van der Waals surface area contributed by atoms with Crippen molar-refractivity contribution < 1.29 is 4.79 Å². The van der Waals surface area contributed by atoms with Crippen LogP contribution in [0.15, 0.2) is 24.3 Å². The van der Waals surface area contributed by atoms with Crippen molar-refractivity contribution in [2.75, 3.05) is 13.1 Å². The third-order valence-electron chi connectivity index (χ3n) is 3.65. The van der Waals surface area contributed by atoms with Gasteiger partial charge in [0.05, 0.1) is 6.42 Å². The number of carbonyl (C=O) groups excluding carboxylic acids is 1. The fraction of sp³-hybridized carbons (Fsp3) is 0.533. The summed E-state index contributed by atoms with van der Waals surface area (Å²) in [5.41, 5.74) is 4.47. The summed E-state index contributed by atoms with van der Waals surface area (Å²) in [4.78, 5) is 13.7. The number of rotatable bonds is 4. The Labute approximate surface area is 114 Å². The van der Waals surface area contributed by atoms with E-state index in [1.807, 2.05) is 12.1 Å². The van der Waals surface area contributed by atoms with Gasteiger partial charge >= 0.3 is 0 Å². The average Bonchev–Trinajstić information content (AvgIpc) is 2.69. The number of hydrogen-bond donors (Lipinski definition) is 2. The first-order chi connectivity index (χ1) is 9.28. The predicted molar refractivity (Wildman–Crippen MR) is 76.2 cm³/mol. The zero-order valence-corrected chi connectivity index (χ0v) is 11.4. The molecule has 1 aliphatic heterocycles. The number of amides is 1. The maximum Gasteiger partial charge on any atom is 0.238 e. The lowest BCUT2D eigenvalue weighted by molar-refractivity contribution is -0.120. The summed E-state index contributed by atoms with van der Waals surface area (Å²) >= 11 is 0. The molecule has 0 unspecified atom stereocenters. The molecule has 19 heavy (non-hydrogen) atoms. The fourth-order valence-electron chi connectivity index (χ4n) is 2.55. The number of nitrogens with two attached hydrogens (primary N) is 1. The molecular weight excluding hydrogens is 238 g/mol. The van der Waals surface area contributed by atoms with E-state index < -0.39 is 0 Å². The second-order valence-electron chi connectivity index (χ2n) is 5.25. The van der Waals surface area contributed by atoms with Gasteiger partial charge in [0.25, 0.3) is 0 Å². The zero-order chi connectivity index (χ0) is 13.5. The molecule has 0 aromatic heterocycles. The van der Waals surface area contributed by atoms with E-state index in [0.717, 1.165) is 12.1 Å². The third-order valence-corrected chi connectivity index (χ3v) is 3.65. The minimum absolute atomic E-state index is 0.153. The second kappa shape index (κ2) is 7.26. The van der Waals surface area contributed by atoms with E-state index >= 15 is 0 Å². The molecule has 2 rings (SSSR count). The van der Waals surface area contributed by atoms with E-state index in [4.69, 9.17) is 5.84 Å². The van der Waals surface area contributed by atoms with Crippen molar-refractivity contribution >= 4 is 5.91 Å². The predicted octanol–water partition coefficient (Wildman–Crippen LogP) is 1.59. The second-order valence-corrected chi connectivity index (χ2v) is 5.25. The molecule has 1 aromatic rings. The molecule has 4 heteroatoms. The third kappa shape index (κ3) is 4.65. The molecule has 1 heterocycles. The van der Waals surface area contributed by atoms with Crippen LogP contribution < -0.4 is 11.3 Å². The molecule has 0 radical (unpaired) electrons. The molecule has 0 bridgehead atoms. The van der Waals surface area contributed by atoms with Crippen LogP contribution in [0.25, 0.3) is 0 Å². The van der Waals surface area contributed by atoms with Gasteiger partial charge in [0.15, 0.2) is 0 Å². The van der Waals surface area contributed by atoms with E-state index in [0.29, 0.717) is 6.42 Å². The molecule has 1 fully saturated rings. The van der Waals surface area contributed by atoms with Crippen LogP contribution in [0.2, 0.25) is 0 Å². The van der Waals surface area contributed by atoms with Crippen molar-refractivity contribution in [3.05, 3.63) is 35.4 Å². The molecule has 1 amide bonds. The van der Waals surface area contributed by atoms with Gasteiger partial charge in [-0.2, -0.15) is 0 Å². The maximum atomic E-state index is 11.2. The minimum atomic E-state index is -0.153. The zero-order valence-electron chi connectivity index (χ0n) is 11.4. The number of likely N-dealkylation sites (tertiary alicyclic amines) is 1. The lowest BCUT2D eigenvalue weighted by atomic mass is 10.1. The summed E-state index contributed by atoms with van der Waals surface area (Å²) in [6.45, 7) is 3.43. The monoisotopic (exact) mass is 261 g/mol. The lowest BCUT2D eigenvalue weighted by Crippen LogP contribution is -2.31. The van der Waals surface area contributed by atoms with Gasteiger partial charge in [-0.15, -0.1) is 0 Å². The smallest absolute Gasteiger partial charge is 0.238 e. The summed E-state index contributed by atoms with van der Waals surface area (Å²) in [5.74, 6) is 4.93. The molecular formula is C15H23N3O. The first kappa shape index (κ1) is 14.0. The standard InChI is InChI=1S/C15H23N3O/c16-17-15(19)11-13-5-7-14(8-6-13)12-18-9-3-1-2-4-10-18/h5-8H,1-4,9-12,16H2,(H,17,19). The number of nitrogens with zero attached hydrogens (tertiary/aromatic N) is 1. The van der Waals surface area contributed by atoms with Gasteiger partial charge < -0.3 is 0 Å². The first-order valence-corrected chi connectivity index (χ1v) is 7.07. The molecule has 1 saturated heterocycles. The van der Waals surface area contributed by atoms with E-state index in [1.54, 1.807) is 0 Å². The van der Waals surface area contributed by atoms with E-state index in [1.165, 1.54) is 44.3 Å². The largest absolute Gasteiger partial charge is 0.299 e. The normalized spacial score (nSPS) is 16.9. The van der Waals surface area contributed by atoms with Crippen molar-refractivity contribution in [1.82, 2.24) is 10.3 Å². The maximum absolute atomic E-state index is 11.2. The van der Waals surface area contributed by atoms with Crippen molar-refractivity contribution in [1.29, 1.82) is 0 Å². The Morgan fingerprint density at radius 2 is 1.63 bits per heavy atom. The molecule has 0 saturated carbocycles. The van der Waals surface area contributed by atoms with Gasteiger partial charge in [0.1, 0.15) is 0 Å². The van der Waals surface area contributed by atoms with Crippen molar-refractivity contribution in [2.45, 2.75) is 38.6 Å². The molecule has 0 atom stereocenters. The minimum Gasteiger partial charge on any atom is -0.299 e. The molecule has 3 N–H and O–H groups in total. The molecule has 0 aliphatic carbocycles. The van der Waals surface area contributed by atoms with Crippen LogP contribution >= 0.6 is 0 Å². The van der Waals surface area contributed by atoms with Gasteiger partial charge in [-0.1, -0.05) is 37.1 Å². The highest BCUT2D eigenvalue weighted by Crippen LogP contribution is 2.14. The highest BCUT2D eigenvalue weighted by Gasteiger charge is 2.09. The first-order valence-electron chi connectivity index (χ1n) is 7.07. The summed E-state index contributed by atoms with van der Waals surface area (Å²) < 4.78 is 0. The van der Waals surface area contributed by atoms with Crippen molar-refractivity contribution in [3.8, 4) is 0 Å². The van der Waals surface area contributed by atoms with Gasteiger partial charge in [-0.05, 0) is 37.1 Å². The lowest BCUT2D eigenvalue weighted by Gasteiger charge is -2.19. The quantitative estimate of drug-likeness (QED) is 0.491.